The molecule has 0 aromatic carbocycles. The molecule has 5 nitrogen and oxygen atoms in total. The Bertz CT molecular complexity index is 517. The zero-order chi connectivity index (χ0) is 12.3. The van der Waals surface area contributed by atoms with Crippen LogP contribution in [0.2, 0.25) is 0 Å². The maximum Gasteiger partial charge on any atom is 0.223 e. The highest BCUT2D eigenvalue weighted by Gasteiger charge is 2.05. The minimum atomic E-state index is -0.0880. The summed E-state index contributed by atoms with van der Waals surface area (Å²) in [6.45, 7) is 1.48. The molecule has 90 valence electrons. The SMILES string of the molecule is CC(=O)Nc1nc(CCc2nccn2C)cs1. The summed E-state index contributed by atoms with van der Waals surface area (Å²) in [5, 5.41) is 5.30. The van der Waals surface area contributed by atoms with Gasteiger partial charge in [0.25, 0.3) is 0 Å². The summed E-state index contributed by atoms with van der Waals surface area (Å²) in [6.07, 6.45) is 5.41. The molecule has 2 aromatic heterocycles. The van der Waals surface area contributed by atoms with E-state index in [2.05, 4.69) is 15.3 Å². The molecule has 0 bridgehead atoms. The molecule has 0 aliphatic heterocycles. The van der Waals surface area contributed by atoms with Crippen molar-refractivity contribution in [2.24, 2.45) is 7.05 Å². The van der Waals surface area contributed by atoms with Crippen molar-refractivity contribution in [3.8, 4) is 0 Å². The number of nitrogens with zero attached hydrogens (tertiary/aromatic N) is 3. The summed E-state index contributed by atoms with van der Waals surface area (Å²) in [5.74, 6) is 0.953. The molecule has 17 heavy (non-hydrogen) atoms. The van der Waals surface area contributed by atoms with Gasteiger partial charge in [0.05, 0.1) is 5.69 Å². The maximum atomic E-state index is 10.9. The van der Waals surface area contributed by atoms with Crippen LogP contribution in [-0.4, -0.2) is 20.4 Å². The van der Waals surface area contributed by atoms with Gasteiger partial charge >= 0.3 is 0 Å². The number of nitrogens with one attached hydrogen (secondary N) is 1. The van der Waals surface area contributed by atoms with Gasteiger partial charge in [-0.2, -0.15) is 0 Å². The van der Waals surface area contributed by atoms with Gasteiger partial charge in [-0.25, -0.2) is 9.97 Å². The smallest absolute Gasteiger partial charge is 0.223 e. The number of amides is 1. The number of hydrogen-bond donors (Lipinski definition) is 1. The Morgan fingerprint density at radius 1 is 1.53 bits per heavy atom. The Hall–Kier alpha value is -1.69. The van der Waals surface area contributed by atoms with Crippen LogP contribution < -0.4 is 5.32 Å². The van der Waals surface area contributed by atoms with Crippen LogP contribution in [0.25, 0.3) is 0 Å². The molecule has 0 spiro atoms. The number of anilines is 1. The highest BCUT2D eigenvalue weighted by Crippen LogP contribution is 2.16. The van der Waals surface area contributed by atoms with Gasteiger partial charge in [-0.15, -0.1) is 11.3 Å². The lowest BCUT2D eigenvalue weighted by Gasteiger charge is -1.99. The van der Waals surface area contributed by atoms with Gasteiger partial charge in [0, 0.05) is 38.2 Å². The molecule has 0 atom stereocenters. The Morgan fingerprint density at radius 2 is 2.35 bits per heavy atom. The number of carbonyl (C=O) groups is 1. The Morgan fingerprint density at radius 3 is 3.00 bits per heavy atom. The van der Waals surface area contributed by atoms with Crippen molar-refractivity contribution >= 4 is 22.4 Å². The van der Waals surface area contributed by atoms with Crippen molar-refractivity contribution in [1.82, 2.24) is 14.5 Å². The number of thiazole rings is 1. The van der Waals surface area contributed by atoms with Crippen molar-refractivity contribution in [3.05, 3.63) is 29.3 Å². The molecule has 2 rings (SSSR count). The molecule has 0 radical (unpaired) electrons. The lowest BCUT2D eigenvalue weighted by Crippen LogP contribution is -2.05. The number of imidazole rings is 1. The quantitative estimate of drug-likeness (QED) is 0.897. The highest BCUT2D eigenvalue weighted by atomic mass is 32.1. The van der Waals surface area contributed by atoms with E-state index in [0.717, 1.165) is 24.4 Å². The van der Waals surface area contributed by atoms with Crippen LogP contribution >= 0.6 is 11.3 Å². The van der Waals surface area contributed by atoms with Gasteiger partial charge in [-0.05, 0) is 6.42 Å². The summed E-state index contributed by atoms with van der Waals surface area (Å²) in [6, 6.07) is 0. The topological polar surface area (TPSA) is 59.8 Å². The lowest BCUT2D eigenvalue weighted by molar-refractivity contribution is -0.114. The Labute approximate surface area is 104 Å². The zero-order valence-corrected chi connectivity index (χ0v) is 10.6. The molecular formula is C11H14N4OS. The van der Waals surface area contributed by atoms with E-state index in [1.165, 1.54) is 18.3 Å². The van der Waals surface area contributed by atoms with Crippen LogP contribution in [0, 0.1) is 0 Å². The first-order chi connectivity index (χ1) is 8.15. The van der Waals surface area contributed by atoms with E-state index in [9.17, 15) is 4.79 Å². The second-order valence-electron chi connectivity index (χ2n) is 3.78. The van der Waals surface area contributed by atoms with Gasteiger partial charge < -0.3 is 9.88 Å². The summed E-state index contributed by atoms with van der Waals surface area (Å²) >= 11 is 1.45. The van der Waals surface area contributed by atoms with Crippen molar-refractivity contribution in [3.63, 3.8) is 0 Å². The molecule has 0 saturated heterocycles. The van der Waals surface area contributed by atoms with E-state index in [4.69, 9.17) is 0 Å². The number of aromatic nitrogens is 3. The largest absolute Gasteiger partial charge is 0.338 e. The maximum absolute atomic E-state index is 10.9. The van der Waals surface area contributed by atoms with E-state index in [1.54, 1.807) is 6.20 Å². The van der Waals surface area contributed by atoms with Crippen LogP contribution in [0.1, 0.15) is 18.4 Å². The molecule has 0 aliphatic carbocycles. The molecule has 2 heterocycles. The normalized spacial score (nSPS) is 10.5. The fourth-order valence-corrected chi connectivity index (χ4v) is 2.30. The van der Waals surface area contributed by atoms with E-state index < -0.39 is 0 Å². The molecular weight excluding hydrogens is 236 g/mol. The van der Waals surface area contributed by atoms with E-state index >= 15 is 0 Å². The summed E-state index contributed by atoms with van der Waals surface area (Å²) in [4.78, 5) is 19.4. The van der Waals surface area contributed by atoms with E-state index in [0.29, 0.717) is 5.13 Å². The molecule has 0 fully saturated rings. The van der Waals surface area contributed by atoms with Gasteiger partial charge in [-0.3, -0.25) is 4.79 Å². The molecule has 6 heteroatoms. The number of aryl methyl sites for hydroxylation is 3. The fourth-order valence-electron chi connectivity index (χ4n) is 1.51. The fraction of sp³-hybridized carbons (Fsp3) is 0.364. The third-order valence-electron chi connectivity index (χ3n) is 2.36. The minimum Gasteiger partial charge on any atom is -0.338 e. The van der Waals surface area contributed by atoms with Gasteiger partial charge in [0.2, 0.25) is 5.91 Å². The molecule has 0 aliphatic rings. The monoisotopic (exact) mass is 250 g/mol. The summed E-state index contributed by atoms with van der Waals surface area (Å²) in [7, 11) is 1.98. The average Bonchev–Trinajstić information content (AvgIpc) is 2.84. The lowest BCUT2D eigenvalue weighted by atomic mass is 10.2. The van der Waals surface area contributed by atoms with Crippen LogP contribution in [0.3, 0.4) is 0 Å². The van der Waals surface area contributed by atoms with Gasteiger partial charge in [0.15, 0.2) is 5.13 Å². The molecule has 1 amide bonds. The first-order valence-corrected chi connectivity index (χ1v) is 6.21. The number of hydrogen-bond acceptors (Lipinski definition) is 4. The van der Waals surface area contributed by atoms with Gasteiger partial charge in [0.1, 0.15) is 5.82 Å². The summed E-state index contributed by atoms with van der Waals surface area (Å²) < 4.78 is 2.00. The van der Waals surface area contributed by atoms with Crippen LogP contribution in [0.4, 0.5) is 5.13 Å². The number of rotatable bonds is 4. The van der Waals surface area contributed by atoms with Gasteiger partial charge in [-0.1, -0.05) is 0 Å². The first kappa shape index (κ1) is 11.8. The Balaban J connectivity index is 1.93. The third kappa shape index (κ3) is 3.13. The second kappa shape index (κ2) is 5.09. The Kier molecular flexibility index (Phi) is 3.53. The predicted molar refractivity (Wildman–Crippen MR) is 67.0 cm³/mol. The van der Waals surface area contributed by atoms with Crippen LogP contribution in [0.5, 0.6) is 0 Å². The van der Waals surface area contributed by atoms with Crippen molar-refractivity contribution in [2.45, 2.75) is 19.8 Å². The minimum absolute atomic E-state index is 0.0880. The van der Waals surface area contributed by atoms with Crippen molar-refractivity contribution in [1.29, 1.82) is 0 Å². The van der Waals surface area contributed by atoms with E-state index in [1.807, 2.05) is 23.2 Å². The predicted octanol–water partition coefficient (Wildman–Crippen LogP) is 1.62. The molecule has 2 aromatic rings. The molecule has 1 N–H and O–H groups in total. The van der Waals surface area contributed by atoms with Crippen LogP contribution in [0.15, 0.2) is 17.8 Å². The van der Waals surface area contributed by atoms with Crippen LogP contribution in [-0.2, 0) is 24.7 Å². The number of carbonyl (C=O) groups excluding carboxylic acids is 1. The second-order valence-corrected chi connectivity index (χ2v) is 4.64. The molecule has 0 saturated carbocycles. The average molecular weight is 250 g/mol. The third-order valence-corrected chi connectivity index (χ3v) is 3.17. The standard InChI is InChI=1S/C11H14N4OS/c1-8(16)13-11-14-9(7-17-11)3-4-10-12-5-6-15(10)2/h5-7H,3-4H2,1-2H3,(H,13,14,16). The summed E-state index contributed by atoms with van der Waals surface area (Å²) in [5.41, 5.74) is 0.988. The zero-order valence-electron chi connectivity index (χ0n) is 9.80. The van der Waals surface area contributed by atoms with E-state index in [-0.39, 0.29) is 5.91 Å². The van der Waals surface area contributed by atoms with Crippen molar-refractivity contribution < 1.29 is 4.79 Å². The highest BCUT2D eigenvalue weighted by molar-refractivity contribution is 7.13. The molecule has 0 unspecified atom stereocenters. The first-order valence-electron chi connectivity index (χ1n) is 5.33. The van der Waals surface area contributed by atoms with Crippen molar-refractivity contribution in [2.75, 3.05) is 5.32 Å².